The van der Waals surface area contributed by atoms with Crippen LogP contribution >= 0.6 is 11.6 Å². The molecule has 2 aliphatic heterocycles. The van der Waals surface area contributed by atoms with Crippen LogP contribution in [0, 0.1) is 0 Å². The number of rotatable bonds is 2. The monoisotopic (exact) mass is 310 g/mol. The maximum absolute atomic E-state index is 12.4. The van der Waals surface area contributed by atoms with E-state index in [0.717, 1.165) is 0 Å². The molecule has 0 saturated carbocycles. The number of benzene rings is 1. The summed E-state index contributed by atoms with van der Waals surface area (Å²) >= 11 is 5.54. The van der Waals surface area contributed by atoms with E-state index < -0.39 is 0 Å². The molecule has 0 aliphatic carbocycles. The summed E-state index contributed by atoms with van der Waals surface area (Å²) in [5.74, 6) is 1.08. The van der Waals surface area contributed by atoms with Crippen LogP contribution in [0.5, 0.6) is 11.5 Å². The molecule has 2 aliphatic rings. The number of carbonyl (C=O) groups excluding carboxylic acids is 2. The quantitative estimate of drug-likeness (QED) is 0.763. The summed E-state index contributed by atoms with van der Waals surface area (Å²) in [5.41, 5.74) is 0.566. The average Bonchev–Trinajstić information content (AvgIpc) is 3.01. The Morgan fingerprint density at radius 3 is 2.43 bits per heavy atom. The first-order chi connectivity index (χ1) is 10.2. The van der Waals surface area contributed by atoms with E-state index in [1.807, 2.05) is 0 Å². The van der Waals surface area contributed by atoms with Gasteiger partial charge in [0.15, 0.2) is 11.5 Å². The van der Waals surface area contributed by atoms with Crippen LogP contribution in [0.3, 0.4) is 0 Å². The highest BCUT2D eigenvalue weighted by atomic mass is 35.5. The van der Waals surface area contributed by atoms with E-state index in [2.05, 4.69) is 0 Å². The van der Waals surface area contributed by atoms with Gasteiger partial charge in [0, 0.05) is 31.7 Å². The Balaban J connectivity index is 1.65. The molecule has 7 heteroatoms. The predicted octanol–water partition coefficient (Wildman–Crippen LogP) is 0.939. The number of amides is 2. The van der Waals surface area contributed by atoms with Gasteiger partial charge >= 0.3 is 0 Å². The molecule has 1 aromatic rings. The van der Waals surface area contributed by atoms with E-state index in [0.29, 0.717) is 43.2 Å². The molecule has 1 saturated heterocycles. The van der Waals surface area contributed by atoms with Crippen LogP contribution in [0.15, 0.2) is 18.2 Å². The first-order valence-electron chi connectivity index (χ1n) is 6.71. The van der Waals surface area contributed by atoms with Crippen molar-refractivity contribution in [1.29, 1.82) is 0 Å². The fourth-order valence-electron chi connectivity index (χ4n) is 2.46. The zero-order valence-corrected chi connectivity index (χ0v) is 12.1. The molecule has 0 N–H and O–H groups in total. The average molecular weight is 311 g/mol. The van der Waals surface area contributed by atoms with Gasteiger partial charge in [-0.1, -0.05) is 0 Å². The van der Waals surface area contributed by atoms with Crippen molar-refractivity contribution in [2.75, 3.05) is 38.9 Å². The minimum absolute atomic E-state index is 0.0178. The second-order valence-electron chi connectivity index (χ2n) is 4.87. The van der Waals surface area contributed by atoms with Gasteiger partial charge in [0.2, 0.25) is 12.7 Å². The van der Waals surface area contributed by atoms with Gasteiger partial charge in [0.25, 0.3) is 5.91 Å². The van der Waals surface area contributed by atoms with E-state index in [1.165, 1.54) is 0 Å². The number of alkyl halides is 1. The number of ether oxygens (including phenoxy) is 2. The summed E-state index contributed by atoms with van der Waals surface area (Å²) in [6, 6.07) is 5.16. The van der Waals surface area contributed by atoms with Crippen molar-refractivity contribution in [2.24, 2.45) is 0 Å². The molecular formula is C14H15ClN2O4. The largest absolute Gasteiger partial charge is 0.454 e. The van der Waals surface area contributed by atoms with Crippen LogP contribution in [0.2, 0.25) is 0 Å². The molecule has 21 heavy (non-hydrogen) atoms. The first-order valence-corrected chi connectivity index (χ1v) is 7.25. The van der Waals surface area contributed by atoms with Gasteiger partial charge in [-0.2, -0.15) is 0 Å². The highest BCUT2D eigenvalue weighted by Gasteiger charge is 2.25. The number of carbonyl (C=O) groups is 2. The van der Waals surface area contributed by atoms with Gasteiger partial charge in [-0.05, 0) is 18.2 Å². The Kier molecular flexibility index (Phi) is 3.88. The van der Waals surface area contributed by atoms with Gasteiger partial charge in [-0.15, -0.1) is 11.6 Å². The van der Waals surface area contributed by atoms with Crippen molar-refractivity contribution >= 4 is 23.4 Å². The van der Waals surface area contributed by atoms with Crippen molar-refractivity contribution in [2.45, 2.75) is 0 Å². The molecule has 2 heterocycles. The summed E-state index contributed by atoms with van der Waals surface area (Å²) in [7, 11) is 0. The normalized spacial score (nSPS) is 17.0. The number of nitrogens with zero attached hydrogens (tertiary/aromatic N) is 2. The minimum Gasteiger partial charge on any atom is -0.454 e. The summed E-state index contributed by atoms with van der Waals surface area (Å²) in [5, 5.41) is 0. The van der Waals surface area contributed by atoms with E-state index in [1.54, 1.807) is 28.0 Å². The number of halogens is 1. The fourth-order valence-corrected chi connectivity index (χ4v) is 2.62. The van der Waals surface area contributed by atoms with Gasteiger partial charge in [0.1, 0.15) is 5.88 Å². The predicted molar refractivity (Wildman–Crippen MR) is 75.8 cm³/mol. The maximum Gasteiger partial charge on any atom is 0.254 e. The number of hydrogen-bond donors (Lipinski definition) is 0. The molecule has 0 aromatic heterocycles. The van der Waals surface area contributed by atoms with Gasteiger partial charge in [-0.3, -0.25) is 9.59 Å². The standard InChI is InChI=1S/C14H15ClN2O4/c15-8-13(18)16-3-5-17(6-4-16)14(19)10-1-2-11-12(7-10)21-9-20-11/h1-2,7H,3-6,8-9H2. The molecule has 0 radical (unpaired) electrons. The van der Waals surface area contributed by atoms with Crippen molar-refractivity contribution in [3.63, 3.8) is 0 Å². The smallest absolute Gasteiger partial charge is 0.254 e. The van der Waals surface area contributed by atoms with Crippen LogP contribution < -0.4 is 9.47 Å². The van der Waals surface area contributed by atoms with Crippen molar-refractivity contribution < 1.29 is 19.1 Å². The third-order valence-corrected chi connectivity index (χ3v) is 3.88. The van der Waals surface area contributed by atoms with Gasteiger partial charge in [0.05, 0.1) is 0 Å². The molecule has 3 rings (SSSR count). The Morgan fingerprint density at radius 1 is 1.05 bits per heavy atom. The molecule has 0 spiro atoms. The molecule has 0 bridgehead atoms. The third kappa shape index (κ3) is 2.76. The Hall–Kier alpha value is -1.95. The third-order valence-electron chi connectivity index (χ3n) is 3.65. The fraction of sp³-hybridized carbons (Fsp3) is 0.429. The van der Waals surface area contributed by atoms with Crippen LogP contribution in [0.4, 0.5) is 0 Å². The minimum atomic E-state index is -0.0909. The molecule has 0 atom stereocenters. The van der Waals surface area contributed by atoms with Crippen molar-refractivity contribution in [3.8, 4) is 11.5 Å². The lowest BCUT2D eigenvalue weighted by Gasteiger charge is -2.34. The second kappa shape index (κ2) is 5.81. The van der Waals surface area contributed by atoms with E-state index in [4.69, 9.17) is 21.1 Å². The Labute approximate surface area is 127 Å². The summed E-state index contributed by atoms with van der Waals surface area (Å²) in [6.45, 7) is 2.24. The van der Waals surface area contributed by atoms with Crippen LogP contribution in [-0.4, -0.2) is 60.5 Å². The number of piperazine rings is 1. The van der Waals surface area contributed by atoms with E-state index in [-0.39, 0.29) is 24.5 Å². The van der Waals surface area contributed by atoms with Crippen LogP contribution in [0.1, 0.15) is 10.4 Å². The molecule has 112 valence electrons. The second-order valence-corrected chi connectivity index (χ2v) is 5.14. The Bertz CT molecular complexity index is 570. The lowest BCUT2D eigenvalue weighted by molar-refractivity contribution is -0.129. The van der Waals surface area contributed by atoms with Crippen molar-refractivity contribution in [1.82, 2.24) is 9.80 Å². The highest BCUT2D eigenvalue weighted by Crippen LogP contribution is 2.32. The molecule has 2 amide bonds. The van der Waals surface area contributed by atoms with Gasteiger partial charge in [-0.25, -0.2) is 0 Å². The molecule has 0 unspecified atom stereocenters. The van der Waals surface area contributed by atoms with Crippen LogP contribution in [0.25, 0.3) is 0 Å². The Morgan fingerprint density at radius 2 is 1.71 bits per heavy atom. The van der Waals surface area contributed by atoms with E-state index in [9.17, 15) is 9.59 Å². The lowest BCUT2D eigenvalue weighted by atomic mass is 10.1. The highest BCUT2D eigenvalue weighted by molar-refractivity contribution is 6.27. The summed E-state index contributed by atoms with van der Waals surface area (Å²) in [4.78, 5) is 27.4. The summed E-state index contributed by atoms with van der Waals surface area (Å²) in [6.07, 6.45) is 0. The molecule has 6 nitrogen and oxygen atoms in total. The maximum atomic E-state index is 12.4. The molecular weight excluding hydrogens is 296 g/mol. The van der Waals surface area contributed by atoms with Crippen molar-refractivity contribution in [3.05, 3.63) is 23.8 Å². The zero-order valence-electron chi connectivity index (χ0n) is 11.4. The summed E-state index contributed by atoms with van der Waals surface area (Å²) < 4.78 is 10.5. The number of hydrogen-bond acceptors (Lipinski definition) is 4. The topological polar surface area (TPSA) is 59.1 Å². The zero-order chi connectivity index (χ0) is 14.8. The van der Waals surface area contributed by atoms with Crippen LogP contribution in [-0.2, 0) is 4.79 Å². The lowest BCUT2D eigenvalue weighted by Crippen LogP contribution is -2.50. The molecule has 1 aromatic carbocycles. The SMILES string of the molecule is O=C(CCl)N1CCN(C(=O)c2ccc3c(c2)OCO3)CC1. The number of fused-ring (bicyclic) bond motifs is 1. The molecule has 1 fully saturated rings. The van der Waals surface area contributed by atoms with Gasteiger partial charge < -0.3 is 19.3 Å². The first kappa shape index (κ1) is 14.0. The van der Waals surface area contributed by atoms with E-state index >= 15 is 0 Å².